The fraction of sp³-hybridized carbons (Fsp3) is 0. The van der Waals surface area contributed by atoms with E-state index in [1.807, 2.05) is 97.1 Å². The van der Waals surface area contributed by atoms with Crippen molar-refractivity contribution in [2.75, 3.05) is 5.73 Å². The van der Waals surface area contributed by atoms with Crippen LogP contribution in [0, 0.1) is 10.8 Å². The first kappa shape index (κ1) is 34.4. The maximum absolute atomic E-state index is 8.70. The first-order chi connectivity index (χ1) is 27.0. The summed E-state index contributed by atoms with van der Waals surface area (Å²) in [5.74, 6) is 0. The Labute approximate surface area is 319 Å². The van der Waals surface area contributed by atoms with E-state index < -0.39 is 0 Å². The second-order valence-electron chi connectivity index (χ2n) is 13.0. The van der Waals surface area contributed by atoms with Gasteiger partial charge in [0.25, 0.3) is 0 Å². The third-order valence-electron chi connectivity index (χ3n) is 9.36. The molecule has 4 aromatic heterocycles. The minimum absolute atomic E-state index is 0.122. The largest absolute Gasteiger partial charge is 0.399 e. The van der Waals surface area contributed by atoms with Crippen molar-refractivity contribution in [3.63, 3.8) is 0 Å². The standard InChI is InChI=1S/C38H26N6.C10H9N/c39-33-22-31(36-23-29(15-19-43-36)25-7-11-27(12-8-25)34-5-1-3-17-41-34)21-32(38(33)40)37-24-30(16-20-44-37)26-9-13-28(14-10-26)35-6-2-4-18-42-35;11-10-6-5-8-3-1-2-4-9(8)7-10/h1-24,39-40H;1-7H,11H2. The van der Waals surface area contributed by atoms with Crippen molar-refractivity contribution in [1.82, 2.24) is 19.9 Å². The van der Waals surface area contributed by atoms with Crippen LogP contribution in [0.1, 0.15) is 11.4 Å². The molecule has 9 rings (SSSR count). The fourth-order valence-corrected chi connectivity index (χ4v) is 6.46. The summed E-state index contributed by atoms with van der Waals surface area (Å²) in [5, 5.41) is 19.7. The third-order valence-corrected chi connectivity index (χ3v) is 9.36. The lowest BCUT2D eigenvalue weighted by Crippen LogP contribution is -2.16. The summed E-state index contributed by atoms with van der Waals surface area (Å²) in [4.78, 5) is 18.1. The smallest absolute Gasteiger partial charge is 0.0883 e. The van der Waals surface area contributed by atoms with E-state index in [0.717, 1.165) is 61.7 Å². The van der Waals surface area contributed by atoms with Gasteiger partial charge < -0.3 is 5.73 Å². The van der Waals surface area contributed by atoms with Crippen LogP contribution in [0.25, 0.3) is 66.7 Å². The molecular weight excluding hydrogens is 675 g/mol. The van der Waals surface area contributed by atoms with Crippen LogP contribution in [0.15, 0.2) is 189 Å². The zero-order valence-corrected chi connectivity index (χ0v) is 29.8. The van der Waals surface area contributed by atoms with E-state index in [1.165, 1.54) is 10.8 Å². The van der Waals surface area contributed by atoms with Crippen LogP contribution in [0.5, 0.6) is 0 Å². The molecule has 7 nitrogen and oxygen atoms in total. The number of fused-ring (bicyclic) bond motifs is 1. The monoisotopic (exact) mass is 709 g/mol. The molecule has 0 radical (unpaired) electrons. The molecule has 8 aromatic rings. The number of hydrogen-bond acceptors (Lipinski definition) is 7. The number of aromatic nitrogens is 4. The van der Waals surface area contributed by atoms with Gasteiger partial charge in [-0.25, -0.2) is 0 Å². The van der Waals surface area contributed by atoms with Crippen molar-refractivity contribution in [2.24, 2.45) is 0 Å². The quantitative estimate of drug-likeness (QED) is 0.117. The molecule has 4 N–H and O–H groups in total. The van der Waals surface area contributed by atoms with Gasteiger partial charge in [-0.15, -0.1) is 0 Å². The Bertz CT molecular complexity index is 2720. The molecule has 4 aromatic carbocycles. The van der Waals surface area contributed by atoms with Gasteiger partial charge in [0.15, 0.2) is 0 Å². The number of nitrogens with two attached hydrogens (primary N) is 1. The van der Waals surface area contributed by atoms with Crippen LogP contribution in [-0.4, -0.2) is 31.4 Å². The molecule has 0 amide bonds. The lowest BCUT2D eigenvalue weighted by atomic mass is 9.90. The van der Waals surface area contributed by atoms with E-state index in [9.17, 15) is 0 Å². The molecular formula is C48H35N7. The van der Waals surface area contributed by atoms with Gasteiger partial charge in [0.1, 0.15) is 0 Å². The number of rotatable bonds is 6. The van der Waals surface area contributed by atoms with Crippen molar-refractivity contribution in [3.05, 3.63) is 200 Å². The number of nitrogens with one attached hydrogen (secondary N) is 2. The molecule has 55 heavy (non-hydrogen) atoms. The van der Waals surface area contributed by atoms with Gasteiger partial charge in [0.05, 0.1) is 34.2 Å². The first-order valence-corrected chi connectivity index (χ1v) is 17.8. The summed E-state index contributed by atoms with van der Waals surface area (Å²) >= 11 is 0. The molecule has 0 saturated heterocycles. The lowest BCUT2D eigenvalue weighted by Gasteiger charge is -2.17. The van der Waals surface area contributed by atoms with Crippen LogP contribution in [0.4, 0.5) is 5.69 Å². The Hall–Kier alpha value is -7.64. The van der Waals surface area contributed by atoms with Gasteiger partial charge in [0.2, 0.25) is 0 Å². The zero-order valence-electron chi connectivity index (χ0n) is 29.8. The number of anilines is 1. The second-order valence-corrected chi connectivity index (χ2v) is 13.0. The summed E-state index contributed by atoms with van der Waals surface area (Å²) in [5.41, 5.74) is 17.4. The minimum atomic E-state index is 0.122. The highest BCUT2D eigenvalue weighted by Gasteiger charge is 2.21. The predicted octanol–water partition coefficient (Wildman–Crippen LogP) is 10.9. The van der Waals surface area contributed by atoms with Gasteiger partial charge in [-0.1, -0.05) is 91.0 Å². The van der Waals surface area contributed by atoms with Gasteiger partial charge in [-0.05, 0) is 106 Å². The first-order valence-electron chi connectivity index (χ1n) is 17.8. The van der Waals surface area contributed by atoms with Gasteiger partial charge in [-0.3, -0.25) is 30.8 Å². The fourth-order valence-electron chi connectivity index (χ4n) is 6.46. The van der Waals surface area contributed by atoms with Gasteiger partial charge in [-0.2, -0.15) is 0 Å². The van der Waals surface area contributed by atoms with Crippen molar-refractivity contribution >= 4 is 39.0 Å². The van der Waals surface area contributed by atoms with Gasteiger partial charge >= 0.3 is 0 Å². The Morgan fingerprint density at radius 1 is 0.382 bits per heavy atom. The molecule has 7 heteroatoms. The Kier molecular flexibility index (Phi) is 9.73. The zero-order chi connectivity index (χ0) is 37.6. The Balaban J connectivity index is 0.000000332. The molecule has 0 bridgehead atoms. The third kappa shape index (κ3) is 7.77. The molecule has 0 atom stereocenters. The number of benzene rings is 4. The van der Waals surface area contributed by atoms with Crippen molar-refractivity contribution in [1.29, 1.82) is 10.8 Å². The molecule has 0 saturated carbocycles. The predicted molar refractivity (Wildman–Crippen MR) is 226 cm³/mol. The van der Waals surface area contributed by atoms with E-state index in [-0.39, 0.29) is 11.4 Å². The van der Waals surface area contributed by atoms with E-state index in [1.54, 1.807) is 30.9 Å². The second kappa shape index (κ2) is 15.5. The highest BCUT2D eigenvalue weighted by atomic mass is 14.7. The molecule has 262 valence electrons. The van der Waals surface area contributed by atoms with Crippen molar-refractivity contribution in [3.8, 4) is 44.8 Å². The maximum Gasteiger partial charge on any atom is 0.0883 e. The summed E-state index contributed by atoms with van der Waals surface area (Å²) in [6.45, 7) is 0. The van der Waals surface area contributed by atoms with Crippen LogP contribution in [-0.2, 0) is 0 Å². The summed E-state index contributed by atoms with van der Waals surface area (Å²) in [6.07, 6.45) is 10.7. The molecule has 0 spiro atoms. The summed E-state index contributed by atoms with van der Waals surface area (Å²) in [6, 6.07) is 50.3. The van der Waals surface area contributed by atoms with Crippen molar-refractivity contribution in [2.45, 2.75) is 0 Å². The highest BCUT2D eigenvalue weighted by molar-refractivity contribution is 6.61. The Morgan fingerprint density at radius 2 is 0.891 bits per heavy atom. The average Bonchev–Trinajstić information content (AvgIpc) is 3.25. The SMILES string of the molecule is N=C1C=C(c2cc(-c3ccc(-c4ccccn4)cc3)ccn2)C=C(c2cc(-c3ccc(-c4ccccn4)cc3)ccn2)C1=N.Nc1ccc2ccccc2c1. The average molecular weight is 710 g/mol. The highest BCUT2D eigenvalue weighted by Crippen LogP contribution is 2.32. The number of pyridine rings is 4. The number of allylic oxidation sites excluding steroid dienone is 4. The number of nitrogens with zero attached hydrogens (tertiary/aromatic N) is 4. The summed E-state index contributed by atoms with van der Waals surface area (Å²) in [7, 11) is 0. The minimum Gasteiger partial charge on any atom is -0.399 e. The normalized spacial score (nSPS) is 12.4. The van der Waals surface area contributed by atoms with E-state index in [0.29, 0.717) is 11.3 Å². The maximum atomic E-state index is 8.70. The van der Waals surface area contributed by atoms with Gasteiger partial charge in [0, 0.05) is 52.7 Å². The van der Waals surface area contributed by atoms with Crippen LogP contribution < -0.4 is 5.73 Å². The van der Waals surface area contributed by atoms with E-state index in [2.05, 4.69) is 80.6 Å². The number of hydrogen-bond donors (Lipinski definition) is 3. The molecule has 1 aliphatic carbocycles. The lowest BCUT2D eigenvalue weighted by molar-refractivity contribution is 1.27. The number of nitrogen functional groups attached to an aromatic ring is 1. The van der Waals surface area contributed by atoms with Crippen LogP contribution in [0.2, 0.25) is 0 Å². The van der Waals surface area contributed by atoms with Crippen LogP contribution >= 0.6 is 0 Å². The molecule has 0 fully saturated rings. The summed E-state index contributed by atoms with van der Waals surface area (Å²) < 4.78 is 0. The van der Waals surface area contributed by atoms with Crippen LogP contribution in [0.3, 0.4) is 0 Å². The topological polar surface area (TPSA) is 125 Å². The molecule has 1 aliphatic rings. The van der Waals surface area contributed by atoms with E-state index >= 15 is 0 Å². The molecule has 0 aliphatic heterocycles. The Morgan fingerprint density at radius 3 is 1.47 bits per heavy atom. The molecule has 4 heterocycles. The molecule has 0 unspecified atom stereocenters. The van der Waals surface area contributed by atoms with E-state index in [4.69, 9.17) is 16.6 Å². The van der Waals surface area contributed by atoms with Crippen molar-refractivity contribution < 1.29 is 0 Å².